The molecule has 1 unspecified atom stereocenters. The molecule has 2 fully saturated rings. The Morgan fingerprint density at radius 3 is 2.75 bits per heavy atom. The highest BCUT2D eigenvalue weighted by molar-refractivity contribution is 5.67. The lowest BCUT2D eigenvalue weighted by molar-refractivity contribution is -0.0689. The normalized spacial score (nSPS) is 24.6. The summed E-state index contributed by atoms with van der Waals surface area (Å²) in [5, 5.41) is 11.1. The Labute approximate surface area is 167 Å². The molecule has 2 heterocycles. The van der Waals surface area contributed by atoms with Crippen molar-refractivity contribution >= 4 is 6.09 Å². The number of rotatable bonds is 5. The van der Waals surface area contributed by atoms with Crippen molar-refractivity contribution in [2.24, 2.45) is 0 Å². The van der Waals surface area contributed by atoms with Crippen molar-refractivity contribution in [2.75, 3.05) is 52.6 Å². The number of ether oxygens (including phenoxy) is 3. The smallest absolute Gasteiger partial charge is 0.409 e. The number of amides is 1. The molecule has 1 amide bonds. The van der Waals surface area contributed by atoms with Crippen molar-refractivity contribution in [3.05, 3.63) is 29.8 Å². The number of β-amino-alcohol motifs (C(OH)–C–C–N with tert-alkyl or cyclic N) is 1. The highest BCUT2D eigenvalue weighted by Crippen LogP contribution is 2.24. The Hall–Kier alpha value is -1.83. The zero-order valence-electron chi connectivity index (χ0n) is 16.9. The van der Waals surface area contributed by atoms with Crippen molar-refractivity contribution in [2.45, 2.75) is 38.3 Å². The van der Waals surface area contributed by atoms with Crippen LogP contribution in [-0.2, 0) is 9.47 Å². The van der Waals surface area contributed by atoms with E-state index in [0.29, 0.717) is 38.9 Å². The number of carbonyl (C=O) groups is 1. The highest BCUT2D eigenvalue weighted by atomic mass is 16.6. The van der Waals surface area contributed by atoms with Crippen LogP contribution in [0.5, 0.6) is 5.75 Å². The van der Waals surface area contributed by atoms with Crippen LogP contribution in [0.1, 0.15) is 25.3 Å². The van der Waals surface area contributed by atoms with Crippen molar-refractivity contribution in [1.82, 2.24) is 9.80 Å². The third kappa shape index (κ3) is 5.37. The Kier molecular flexibility index (Phi) is 7.15. The monoisotopic (exact) mass is 392 g/mol. The van der Waals surface area contributed by atoms with E-state index in [1.165, 1.54) is 0 Å². The molecule has 0 aromatic heterocycles. The summed E-state index contributed by atoms with van der Waals surface area (Å²) in [6.07, 6.45) is 1.50. The predicted molar refractivity (Wildman–Crippen MR) is 106 cm³/mol. The highest BCUT2D eigenvalue weighted by Gasteiger charge is 2.37. The van der Waals surface area contributed by atoms with E-state index in [0.717, 1.165) is 30.7 Å². The van der Waals surface area contributed by atoms with Gasteiger partial charge < -0.3 is 24.2 Å². The minimum atomic E-state index is -1.06. The van der Waals surface area contributed by atoms with Crippen LogP contribution >= 0.6 is 0 Å². The van der Waals surface area contributed by atoms with E-state index in [4.69, 9.17) is 14.2 Å². The maximum absolute atomic E-state index is 11.9. The number of likely N-dealkylation sites (tertiary alicyclic amines) is 1. The molecule has 0 radical (unpaired) electrons. The van der Waals surface area contributed by atoms with Gasteiger partial charge >= 0.3 is 6.09 Å². The zero-order valence-corrected chi connectivity index (χ0v) is 16.9. The van der Waals surface area contributed by atoms with Gasteiger partial charge in [0.15, 0.2) is 0 Å². The maximum Gasteiger partial charge on any atom is 0.409 e. The lowest BCUT2D eigenvalue weighted by Gasteiger charge is -2.39. The van der Waals surface area contributed by atoms with E-state index >= 15 is 0 Å². The SMILES string of the molecule is CCOC(=O)N1CCC(N2CCOCC(O)(COc3ccccc3C)C2)CC1. The minimum Gasteiger partial charge on any atom is -0.490 e. The van der Waals surface area contributed by atoms with Crippen molar-refractivity contribution in [1.29, 1.82) is 0 Å². The molecule has 0 bridgehead atoms. The summed E-state index contributed by atoms with van der Waals surface area (Å²) in [5.74, 6) is 0.787. The fraction of sp³-hybridized carbons (Fsp3) is 0.667. The van der Waals surface area contributed by atoms with Crippen LogP contribution in [0.15, 0.2) is 24.3 Å². The largest absolute Gasteiger partial charge is 0.490 e. The maximum atomic E-state index is 11.9. The third-order valence-electron chi connectivity index (χ3n) is 5.49. The molecule has 28 heavy (non-hydrogen) atoms. The molecule has 7 nitrogen and oxygen atoms in total. The predicted octanol–water partition coefficient (Wildman–Crippen LogP) is 2.06. The van der Waals surface area contributed by atoms with Gasteiger partial charge in [0.1, 0.15) is 18.0 Å². The van der Waals surface area contributed by atoms with Crippen molar-refractivity contribution < 1.29 is 24.1 Å². The summed E-state index contributed by atoms with van der Waals surface area (Å²) in [4.78, 5) is 16.0. The summed E-state index contributed by atoms with van der Waals surface area (Å²) < 4.78 is 16.7. The number of carbonyl (C=O) groups excluding carboxylic acids is 1. The molecule has 2 aliphatic rings. The van der Waals surface area contributed by atoms with Gasteiger partial charge in [0.2, 0.25) is 0 Å². The third-order valence-corrected chi connectivity index (χ3v) is 5.49. The summed E-state index contributed by atoms with van der Waals surface area (Å²) in [7, 11) is 0. The molecule has 7 heteroatoms. The Balaban J connectivity index is 1.56. The quantitative estimate of drug-likeness (QED) is 0.827. The molecule has 1 aromatic rings. The second-order valence-electron chi connectivity index (χ2n) is 7.72. The fourth-order valence-electron chi connectivity index (χ4n) is 3.90. The lowest BCUT2D eigenvalue weighted by Crippen LogP contribution is -2.54. The first-order valence-corrected chi connectivity index (χ1v) is 10.1. The van der Waals surface area contributed by atoms with E-state index < -0.39 is 5.60 Å². The topological polar surface area (TPSA) is 71.5 Å². The molecule has 0 spiro atoms. The van der Waals surface area contributed by atoms with Crippen molar-refractivity contribution in [3.8, 4) is 5.75 Å². The molecule has 2 saturated heterocycles. The summed E-state index contributed by atoms with van der Waals surface area (Å²) in [6, 6.07) is 8.12. The molecule has 3 rings (SSSR count). The fourth-order valence-corrected chi connectivity index (χ4v) is 3.90. The molecule has 1 N–H and O–H groups in total. The Morgan fingerprint density at radius 1 is 1.29 bits per heavy atom. The molecular formula is C21H32N2O5. The second-order valence-corrected chi connectivity index (χ2v) is 7.72. The van der Waals surface area contributed by atoms with Crippen LogP contribution in [0.3, 0.4) is 0 Å². The van der Waals surface area contributed by atoms with Gasteiger partial charge in [0.05, 0.1) is 19.8 Å². The second kappa shape index (κ2) is 9.58. The summed E-state index contributed by atoms with van der Waals surface area (Å²) >= 11 is 0. The number of hydrogen-bond donors (Lipinski definition) is 1. The minimum absolute atomic E-state index is 0.191. The zero-order chi connectivity index (χ0) is 20.0. The van der Waals surface area contributed by atoms with Gasteiger partial charge in [0.25, 0.3) is 0 Å². The first-order valence-electron chi connectivity index (χ1n) is 10.1. The van der Waals surface area contributed by atoms with E-state index in [1.54, 1.807) is 4.90 Å². The molecule has 0 aliphatic carbocycles. The van der Waals surface area contributed by atoms with E-state index in [9.17, 15) is 9.90 Å². The number of benzene rings is 1. The first-order chi connectivity index (χ1) is 13.5. The average molecular weight is 392 g/mol. The van der Waals surface area contributed by atoms with Crippen LogP contribution in [0.25, 0.3) is 0 Å². The Bertz CT molecular complexity index is 647. The van der Waals surface area contributed by atoms with E-state index in [2.05, 4.69) is 4.90 Å². The van der Waals surface area contributed by atoms with Gasteiger partial charge in [-0.3, -0.25) is 4.90 Å². The lowest BCUT2D eigenvalue weighted by atomic mass is 10.00. The van der Waals surface area contributed by atoms with E-state index in [-0.39, 0.29) is 19.3 Å². The molecule has 1 aromatic carbocycles. The van der Waals surface area contributed by atoms with Crippen LogP contribution in [-0.4, -0.2) is 85.2 Å². The number of hydrogen-bond acceptors (Lipinski definition) is 6. The van der Waals surface area contributed by atoms with Crippen molar-refractivity contribution in [3.63, 3.8) is 0 Å². The molecule has 0 saturated carbocycles. The van der Waals surface area contributed by atoms with Gasteiger partial charge in [-0.25, -0.2) is 4.79 Å². The van der Waals surface area contributed by atoms with Crippen LogP contribution in [0, 0.1) is 6.92 Å². The number of piperidine rings is 1. The number of nitrogens with zero attached hydrogens (tertiary/aromatic N) is 2. The number of para-hydroxylation sites is 1. The summed E-state index contributed by atoms with van der Waals surface area (Å²) in [6.45, 7) is 7.89. The van der Waals surface area contributed by atoms with Gasteiger partial charge in [-0.15, -0.1) is 0 Å². The van der Waals surface area contributed by atoms with Gasteiger partial charge in [-0.1, -0.05) is 18.2 Å². The van der Waals surface area contributed by atoms with Gasteiger partial charge in [-0.2, -0.15) is 0 Å². The standard InChI is InChI=1S/C21H32N2O5/c1-3-27-20(24)22-10-8-18(9-11-22)23-12-13-26-15-21(25,14-23)16-28-19-7-5-4-6-17(19)2/h4-7,18,25H,3,8-16H2,1-2H3. The van der Waals surface area contributed by atoms with Gasteiger partial charge in [0, 0.05) is 32.2 Å². The molecule has 1 atom stereocenters. The number of aryl methyl sites for hydroxylation is 1. The first kappa shape index (κ1) is 20.9. The van der Waals surface area contributed by atoms with Crippen LogP contribution in [0.2, 0.25) is 0 Å². The van der Waals surface area contributed by atoms with Crippen LogP contribution < -0.4 is 4.74 Å². The molecule has 156 valence electrons. The average Bonchev–Trinajstić information content (AvgIpc) is 2.90. The van der Waals surface area contributed by atoms with Crippen LogP contribution in [0.4, 0.5) is 4.79 Å². The molecular weight excluding hydrogens is 360 g/mol. The summed E-state index contributed by atoms with van der Waals surface area (Å²) in [5.41, 5.74) is -0.0133. The molecule has 2 aliphatic heterocycles. The number of aliphatic hydroxyl groups is 1. The Morgan fingerprint density at radius 2 is 2.04 bits per heavy atom. The van der Waals surface area contributed by atoms with E-state index in [1.807, 2.05) is 38.1 Å². The van der Waals surface area contributed by atoms with Gasteiger partial charge in [-0.05, 0) is 38.3 Å².